The summed E-state index contributed by atoms with van der Waals surface area (Å²) in [5, 5.41) is 9.74. The highest BCUT2D eigenvalue weighted by Crippen LogP contribution is 2.33. The lowest BCUT2D eigenvalue weighted by molar-refractivity contribution is -0.128. The topological polar surface area (TPSA) is 154 Å². The zero-order valence-electron chi connectivity index (χ0n) is 24.5. The molecular formula is C30H34N4O8S. The summed E-state index contributed by atoms with van der Waals surface area (Å²) in [6.45, 7) is 7.63. The number of aromatic nitrogens is 1. The second-order valence-electron chi connectivity index (χ2n) is 10.7. The largest absolute Gasteiger partial charge is 0.486 e. The molecule has 0 saturated carbocycles. The number of nitrogens with one attached hydrogen (secondary N) is 3. The molecule has 0 radical (unpaired) electrons. The molecule has 2 aromatic carbocycles. The molecule has 3 N–H and O–H groups in total. The molecule has 1 aliphatic heterocycles. The van der Waals surface area contributed by atoms with Gasteiger partial charge in [-0.3, -0.25) is 9.59 Å². The Kier molecular flexibility index (Phi) is 9.86. The molecule has 4 rings (SSSR count). The number of fused-ring (bicyclic) bond motifs is 1. The molecule has 0 bridgehead atoms. The van der Waals surface area contributed by atoms with E-state index in [1.54, 1.807) is 45.9 Å². The van der Waals surface area contributed by atoms with Gasteiger partial charge in [0.05, 0.1) is 7.11 Å². The fourth-order valence-electron chi connectivity index (χ4n) is 4.28. The van der Waals surface area contributed by atoms with Crippen LogP contribution in [-0.2, 0) is 19.1 Å². The number of amides is 3. The second kappa shape index (κ2) is 13.6. The maximum atomic E-state index is 13.9. The molecule has 43 heavy (non-hydrogen) atoms. The number of alkyl carbamates (subject to hydrolysis) is 1. The van der Waals surface area contributed by atoms with E-state index in [4.69, 9.17) is 14.2 Å². The lowest BCUT2D eigenvalue weighted by atomic mass is 9.92. The summed E-state index contributed by atoms with van der Waals surface area (Å²) in [7, 11) is 1.23. The van der Waals surface area contributed by atoms with Crippen LogP contribution in [0.3, 0.4) is 0 Å². The van der Waals surface area contributed by atoms with Crippen LogP contribution in [0.5, 0.6) is 11.5 Å². The fraction of sp³-hybridized carbons (Fsp3) is 0.367. The molecule has 3 amide bonds. The van der Waals surface area contributed by atoms with E-state index < -0.39 is 47.5 Å². The first kappa shape index (κ1) is 31.3. The van der Waals surface area contributed by atoms with Crippen molar-refractivity contribution in [2.75, 3.05) is 25.6 Å². The van der Waals surface area contributed by atoms with Gasteiger partial charge in [0, 0.05) is 11.3 Å². The predicted octanol–water partition coefficient (Wildman–Crippen LogP) is 4.19. The molecule has 0 spiro atoms. The van der Waals surface area contributed by atoms with Gasteiger partial charge in [0.15, 0.2) is 22.3 Å². The highest BCUT2D eigenvalue weighted by molar-refractivity contribution is 7.14. The van der Waals surface area contributed by atoms with Crippen molar-refractivity contribution in [3.63, 3.8) is 0 Å². The van der Waals surface area contributed by atoms with E-state index in [0.29, 0.717) is 30.3 Å². The van der Waals surface area contributed by atoms with Crippen LogP contribution in [0.25, 0.3) is 0 Å². The normalized spacial score (nSPS) is 14.4. The Balaban J connectivity index is 1.64. The van der Waals surface area contributed by atoms with Crippen molar-refractivity contribution in [2.24, 2.45) is 0 Å². The van der Waals surface area contributed by atoms with E-state index in [1.165, 1.54) is 12.5 Å². The number of benzene rings is 2. The minimum absolute atomic E-state index is 0.0414. The van der Waals surface area contributed by atoms with E-state index in [2.05, 4.69) is 25.7 Å². The third-order valence-electron chi connectivity index (χ3n) is 6.36. The smallest absolute Gasteiger partial charge is 0.408 e. The van der Waals surface area contributed by atoms with Crippen LogP contribution in [0.15, 0.2) is 53.9 Å². The third kappa shape index (κ3) is 8.22. The number of hydrogen-bond acceptors (Lipinski definition) is 10. The van der Waals surface area contributed by atoms with Crippen molar-refractivity contribution in [3.8, 4) is 11.5 Å². The molecule has 3 aromatic rings. The lowest BCUT2D eigenvalue weighted by Crippen LogP contribution is -2.51. The number of ether oxygens (including phenoxy) is 4. The van der Waals surface area contributed by atoms with E-state index >= 15 is 0 Å². The number of rotatable bonds is 9. The van der Waals surface area contributed by atoms with Crippen molar-refractivity contribution < 1.29 is 38.1 Å². The lowest BCUT2D eigenvalue weighted by Gasteiger charge is -2.28. The van der Waals surface area contributed by atoms with Crippen molar-refractivity contribution >= 4 is 40.3 Å². The maximum Gasteiger partial charge on any atom is 0.408 e. The fourth-order valence-corrected chi connectivity index (χ4v) is 4.96. The Hall–Kier alpha value is -4.65. The SMILES string of the molecule is COC(=O)c1csc(NC(=O)[C@@H](NC(=O)[C@H](NC(=O)OC(C)(C)C)c2ccc3c(c2)OCCO3)[C@@H](C)c2ccccc2)n1. The first-order chi connectivity index (χ1) is 20.4. The predicted molar refractivity (Wildman–Crippen MR) is 158 cm³/mol. The summed E-state index contributed by atoms with van der Waals surface area (Å²) in [4.78, 5) is 56.4. The Morgan fingerprint density at radius 1 is 0.930 bits per heavy atom. The first-order valence-electron chi connectivity index (χ1n) is 13.5. The Bertz CT molecular complexity index is 1470. The quantitative estimate of drug-likeness (QED) is 0.303. The molecule has 13 heteroatoms. The van der Waals surface area contributed by atoms with Gasteiger partial charge in [0.1, 0.15) is 30.9 Å². The summed E-state index contributed by atoms with van der Waals surface area (Å²) >= 11 is 1.04. The van der Waals surface area contributed by atoms with Crippen molar-refractivity contribution in [1.29, 1.82) is 0 Å². The maximum absolute atomic E-state index is 13.9. The second-order valence-corrected chi connectivity index (χ2v) is 11.5. The van der Waals surface area contributed by atoms with Crippen LogP contribution in [0.4, 0.5) is 9.93 Å². The number of carbonyl (C=O) groups excluding carboxylic acids is 4. The zero-order chi connectivity index (χ0) is 31.1. The van der Waals surface area contributed by atoms with Crippen LogP contribution in [-0.4, -0.2) is 60.8 Å². The van der Waals surface area contributed by atoms with Crippen molar-refractivity contribution in [1.82, 2.24) is 15.6 Å². The van der Waals surface area contributed by atoms with Gasteiger partial charge in [-0.05, 0) is 44.0 Å². The molecule has 3 atom stereocenters. The molecular weight excluding hydrogens is 576 g/mol. The van der Waals surface area contributed by atoms with E-state index in [0.717, 1.165) is 16.9 Å². The molecule has 1 aromatic heterocycles. The van der Waals surface area contributed by atoms with E-state index in [1.807, 2.05) is 30.3 Å². The molecule has 0 unspecified atom stereocenters. The van der Waals surface area contributed by atoms with Crippen molar-refractivity contribution in [3.05, 3.63) is 70.7 Å². The van der Waals surface area contributed by atoms with Crippen LogP contribution in [0, 0.1) is 0 Å². The van der Waals surface area contributed by atoms with Gasteiger partial charge in [-0.2, -0.15) is 0 Å². The summed E-state index contributed by atoms with van der Waals surface area (Å²) in [6.07, 6.45) is -0.822. The van der Waals surface area contributed by atoms with Gasteiger partial charge in [-0.25, -0.2) is 14.6 Å². The Labute approximate surface area is 253 Å². The number of esters is 1. The summed E-state index contributed by atoms with van der Waals surface area (Å²) in [5.74, 6) is -1.46. The number of anilines is 1. The number of nitrogens with zero attached hydrogens (tertiary/aromatic N) is 1. The standard InChI is InChI=1S/C30H34N4O8S/c1-17(18-9-7-6-8-10-18)23(25(35)34-28-31-20(16-43-28)27(37)39-5)32-26(36)24(33-29(38)42-30(2,3)4)19-11-12-21-22(15-19)41-14-13-40-21/h6-12,15-17,23-24H,13-14H2,1-5H3,(H,32,36)(H,33,38)(H,31,34,35)/t17-,23-,24+/m0/s1. The third-order valence-corrected chi connectivity index (χ3v) is 7.11. The molecule has 12 nitrogen and oxygen atoms in total. The number of carbonyl (C=O) groups is 4. The van der Waals surface area contributed by atoms with Gasteiger partial charge in [-0.1, -0.05) is 43.3 Å². The summed E-state index contributed by atoms with van der Waals surface area (Å²) < 4.78 is 21.4. The van der Waals surface area contributed by atoms with Crippen LogP contribution in [0.2, 0.25) is 0 Å². The number of methoxy groups -OCH3 is 1. The van der Waals surface area contributed by atoms with E-state index in [9.17, 15) is 19.2 Å². The van der Waals surface area contributed by atoms with Gasteiger partial charge >= 0.3 is 12.1 Å². The van der Waals surface area contributed by atoms with Gasteiger partial charge < -0.3 is 34.9 Å². The minimum Gasteiger partial charge on any atom is -0.486 e. The molecule has 1 aliphatic rings. The van der Waals surface area contributed by atoms with Crippen LogP contribution >= 0.6 is 11.3 Å². The summed E-state index contributed by atoms with van der Waals surface area (Å²) in [5.41, 5.74) is 0.397. The summed E-state index contributed by atoms with van der Waals surface area (Å²) in [6, 6.07) is 11.7. The Morgan fingerprint density at radius 2 is 1.63 bits per heavy atom. The molecule has 0 saturated heterocycles. The minimum atomic E-state index is -1.25. The zero-order valence-corrected chi connectivity index (χ0v) is 25.3. The first-order valence-corrected chi connectivity index (χ1v) is 14.4. The van der Waals surface area contributed by atoms with Gasteiger partial charge in [0.2, 0.25) is 11.8 Å². The van der Waals surface area contributed by atoms with Gasteiger partial charge in [-0.15, -0.1) is 11.3 Å². The average Bonchev–Trinajstić information content (AvgIpc) is 3.45. The van der Waals surface area contributed by atoms with Crippen molar-refractivity contribution in [2.45, 2.75) is 51.3 Å². The number of hydrogen-bond donors (Lipinski definition) is 3. The highest BCUT2D eigenvalue weighted by Gasteiger charge is 2.34. The molecule has 0 aliphatic carbocycles. The Morgan fingerprint density at radius 3 is 2.30 bits per heavy atom. The van der Waals surface area contributed by atoms with Crippen LogP contribution < -0.4 is 25.4 Å². The monoisotopic (exact) mass is 610 g/mol. The average molecular weight is 611 g/mol. The molecule has 228 valence electrons. The van der Waals surface area contributed by atoms with Gasteiger partial charge in [0.25, 0.3) is 0 Å². The van der Waals surface area contributed by atoms with Crippen LogP contribution in [0.1, 0.15) is 61.3 Å². The molecule has 0 fully saturated rings. The highest BCUT2D eigenvalue weighted by atomic mass is 32.1. The number of thiazole rings is 1. The molecule has 2 heterocycles. The van der Waals surface area contributed by atoms with E-state index in [-0.39, 0.29) is 10.8 Å².